The zero-order chi connectivity index (χ0) is 19.4. The van der Waals surface area contributed by atoms with Crippen LogP contribution in [0.3, 0.4) is 0 Å². The van der Waals surface area contributed by atoms with Crippen molar-refractivity contribution in [1.82, 2.24) is 10.2 Å². The largest absolute Gasteiger partial charge is 0.463 e. The summed E-state index contributed by atoms with van der Waals surface area (Å²) < 4.78 is 18.6. The van der Waals surface area contributed by atoms with E-state index < -0.39 is 24.1 Å². The van der Waals surface area contributed by atoms with Crippen molar-refractivity contribution in [1.29, 1.82) is 0 Å². The van der Waals surface area contributed by atoms with E-state index in [1.165, 1.54) is 17.8 Å². The van der Waals surface area contributed by atoms with Crippen molar-refractivity contribution < 1.29 is 23.5 Å². The Morgan fingerprint density at radius 1 is 1.37 bits per heavy atom. The minimum absolute atomic E-state index is 0.0425. The lowest BCUT2D eigenvalue weighted by Crippen LogP contribution is -2.54. The number of ether oxygens (including phenoxy) is 1. The number of benzene rings is 1. The molecule has 1 N–H and O–H groups in total. The molecular formula is C19H23FN2O4S. The fourth-order valence-electron chi connectivity index (χ4n) is 3.68. The fourth-order valence-corrected chi connectivity index (χ4v) is 4.45. The molecule has 1 spiro atoms. The van der Waals surface area contributed by atoms with Gasteiger partial charge in [0.05, 0.1) is 0 Å². The number of hydrogen-bond acceptors (Lipinski definition) is 5. The summed E-state index contributed by atoms with van der Waals surface area (Å²) in [4.78, 5) is 38.5. The van der Waals surface area contributed by atoms with Gasteiger partial charge in [-0.25, -0.2) is 9.18 Å². The third-order valence-corrected chi connectivity index (χ3v) is 6.24. The van der Waals surface area contributed by atoms with Crippen LogP contribution >= 0.6 is 11.8 Å². The summed E-state index contributed by atoms with van der Waals surface area (Å²) in [5.74, 6) is -0.875. The second-order valence-electron chi connectivity index (χ2n) is 6.94. The van der Waals surface area contributed by atoms with Crippen LogP contribution in [-0.2, 0) is 14.3 Å². The van der Waals surface area contributed by atoms with Gasteiger partial charge in [-0.2, -0.15) is 0 Å². The van der Waals surface area contributed by atoms with Crippen LogP contribution in [0.4, 0.5) is 9.18 Å². The predicted octanol–water partition coefficient (Wildman–Crippen LogP) is 2.96. The lowest BCUT2D eigenvalue weighted by molar-refractivity contribution is -0.148. The van der Waals surface area contributed by atoms with E-state index in [4.69, 9.17) is 4.74 Å². The van der Waals surface area contributed by atoms with Gasteiger partial charge in [-0.1, -0.05) is 31.9 Å². The summed E-state index contributed by atoms with van der Waals surface area (Å²) in [6.45, 7) is 1.63. The Morgan fingerprint density at radius 3 is 2.89 bits per heavy atom. The van der Waals surface area contributed by atoms with Crippen molar-refractivity contribution in [3.8, 4) is 0 Å². The minimum atomic E-state index is -0.879. The molecule has 1 heterocycles. The van der Waals surface area contributed by atoms with Gasteiger partial charge in [0.1, 0.15) is 24.5 Å². The molecule has 0 aromatic heterocycles. The highest BCUT2D eigenvalue weighted by molar-refractivity contribution is 7.99. The number of urea groups is 1. The van der Waals surface area contributed by atoms with E-state index >= 15 is 0 Å². The van der Waals surface area contributed by atoms with E-state index in [0.29, 0.717) is 17.1 Å². The van der Waals surface area contributed by atoms with Crippen molar-refractivity contribution in [2.45, 2.75) is 43.0 Å². The Balaban J connectivity index is 1.48. The summed E-state index contributed by atoms with van der Waals surface area (Å²) in [5.41, 5.74) is -0.879. The molecule has 3 amide bonds. The molecule has 8 heteroatoms. The van der Waals surface area contributed by atoms with Crippen LogP contribution < -0.4 is 5.32 Å². The van der Waals surface area contributed by atoms with Crippen molar-refractivity contribution in [2.75, 3.05) is 18.9 Å². The summed E-state index contributed by atoms with van der Waals surface area (Å²) in [7, 11) is 0. The molecule has 2 atom stereocenters. The highest BCUT2D eigenvalue weighted by Crippen LogP contribution is 2.38. The number of nitrogens with zero attached hydrogens (tertiary/aromatic N) is 1. The van der Waals surface area contributed by atoms with Crippen molar-refractivity contribution >= 4 is 29.7 Å². The monoisotopic (exact) mass is 394 g/mol. The molecule has 1 aromatic carbocycles. The number of esters is 1. The molecule has 0 bridgehead atoms. The smallest absolute Gasteiger partial charge is 0.326 e. The molecule has 6 nitrogen and oxygen atoms in total. The number of nitrogens with one attached hydrogen (secondary N) is 1. The zero-order valence-electron chi connectivity index (χ0n) is 15.2. The van der Waals surface area contributed by atoms with E-state index in [0.717, 1.165) is 24.2 Å². The maximum atomic E-state index is 13.5. The molecule has 1 aliphatic carbocycles. The number of imide groups is 1. The van der Waals surface area contributed by atoms with Gasteiger partial charge in [0, 0.05) is 10.6 Å². The molecule has 0 unspecified atom stereocenters. The van der Waals surface area contributed by atoms with Crippen LogP contribution in [-0.4, -0.2) is 47.3 Å². The molecule has 1 saturated heterocycles. The van der Waals surface area contributed by atoms with Gasteiger partial charge in [-0.15, -0.1) is 11.8 Å². The topological polar surface area (TPSA) is 75.7 Å². The van der Waals surface area contributed by atoms with Gasteiger partial charge in [-0.3, -0.25) is 14.5 Å². The molecule has 3 rings (SSSR count). The van der Waals surface area contributed by atoms with Gasteiger partial charge < -0.3 is 10.1 Å². The standard InChI is InChI=1S/C19H23FN2O4S/c1-13-6-4-5-9-19(13)17(24)22(18(25)21-19)12-16(23)26-10-11-27-15-8-3-2-7-14(15)20/h2-3,7-8,13H,4-6,9-12H2,1H3,(H,21,25)/t13-,19-/m1/s1. The van der Waals surface area contributed by atoms with Crippen LogP contribution in [0.15, 0.2) is 29.2 Å². The van der Waals surface area contributed by atoms with E-state index in [9.17, 15) is 18.8 Å². The molecular weight excluding hydrogens is 371 g/mol. The lowest BCUT2D eigenvalue weighted by atomic mass is 9.73. The maximum Gasteiger partial charge on any atom is 0.326 e. The molecule has 27 heavy (non-hydrogen) atoms. The van der Waals surface area contributed by atoms with Crippen LogP contribution in [0.2, 0.25) is 0 Å². The van der Waals surface area contributed by atoms with Crippen molar-refractivity contribution in [3.63, 3.8) is 0 Å². The first-order chi connectivity index (χ1) is 12.9. The van der Waals surface area contributed by atoms with Crippen LogP contribution in [0.1, 0.15) is 32.6 Å². The normalized spacial score (nSPS) is 25.0. The SMILES string of the molecule is C[C@@H]1CCCC[C@@]12NC(=O)N(CC(=O)OCCSc1ccccc1F)C2=O. The van der Waals surface area contributed by atoms with E-state index in [-0.39, 0.29) is 24.2 Å². The average Bonchev–Trinajstić information content (AvgIpc) is 2.88. The number of carbonyl (C=O) groups is 3. The number of thioether (sulfide) groups is 1. The number of amides is 3. The second kappa shape index (κ2) is 8.29. The van der Waals surface area contributed by atoms with Gasteiger partial charge >= 0.3 is 12.0 Å². The molecule has 1 saturated carbocycles. The third-order valence-electron chi connectivity index (χ3n) is 5.23. The molecule has 146 valence electrons. The Kier molecular flexibility index (Phi) is 6.04. The van der Waals surface area contributed by atoms with Gasteiger partial charge in [0.2, 0.25) is 0 Å². The first-order valence-electron chi connectivity index (χ1n) is 9.11. The Labute approximate surface area is 161 Å². The first-order valence-corrected chi connectivity index (χ1v) is 10.1. The summed E-state index contributed by atoms with van der Waals surface area (Å²) in [6, 6.07) is 5.83. The number of carbonyl (C=O) groups excluding carboxylic acids is 3. The van der Waals surface area contributed by atoms with E-state index in [1.54, 1.807) is 18.2 Å². The average molecular weight is 394 g/mol. The summed E-state index contributed by atoms with van der Waals surface area (Å²) in [6.07, 6.45) is 3.39. The predicted molar refractivity (Wildman–Crippen MR) is 98.7 cm³/mol. The van der Waals surface area contributed by atoms with Crippen LogP contribution in [0.25, 0.3) is 0 Å². The van der Waals surface area contributed by atoms with Crippen LogP contribution in [0.5, 0.6) is 0 Å². The zero-order valence-corrected chi connectivity index (χ0v) is 16.0. The fraction of sp³-hybridized carbons (Fsp3) is 0.526. The Bertz CT molecular complexity index is 744. The molecule has 2 fully saturated rings. The molecule has 1 aliphatic heterocycles. The van der Waals surface area contributed by atoms with E-state index in [1.807, 2.05) is 6.92 Å². The maximum absolute atomic E-state index is 13.5. The molecule has 1 aromatic rings. The molecule has 0 radical (unpaired) electrons. The summed E-state index contributed by atoms with van der Waals surface area (Å²) >= 11 is 1.24. The van der Waals surface area contributed by atoms with Crippen LogP contribution in [0, 0.1) is 11.7 Å². The summed E-state index contributed by atoms with van der Waals surface area (Å²) in [5, 5.41) is 2.80. The Hall–Kier alpha value is -2.09. The number of halogens is 1. The van der Waals surface area contributed by atoms with E-state index in [2.05, 4.69) is 5.32 Å². The Morgan fingerprint density at radius 2 is 2.15 bits per heavy atom. The van der Waals surface area contributed by atoms with Gasteiger partial charge in [-0.05, 0) is 30.9 Å². The van der Waals surface area contributed by atoms with Gasteiger partial charge in [0.25, 0.3) is 5.91 Å². The first kappa shape index (κ1) is 19.7. The highest BCUT2D eigenvalue weighted by Gasteiger charge is 2.55. The van der Waals surface area contributed by atoms with Gasteiger partial charge in [0.15, 0.2) is 0 Å². The lowest BCUT2D eigenvalue weighted by Gasteiger charge is -2.36. The second-order valence-corrected chi connectivity index (χ2v) is 8.08. The van der Waals surface area contributed by atoms with Crippen molar-refractivity contribution in [2.24, 2.45) is 5.92 Å². The minimum Gasteiger partial charge on any atom is -0.463 e. The third kappa shape index (κ3) is 4.10. The highest BCUT2D eigenvalue weighted by atomic mass is 32.2. The number of hydrogen-bond donors (Lipinski definition) is 1. The van der Waals surface area contributed by atoms with Crippen molar-refractivity contribution in [3.05, 3.63) is 30.1 Å². The number of rotatable bonds is 6. The molecule has 2 aliphatic rings. The quantitative estimate of drug-likeness (QED) is 0.347.